The molecule has 0 aliphatic carbocycles. The van der Waals surface area contributed by atoms with Crippen molar-refractivity contribution < 1.29 is 13.5 Å². The van der Waals surface area contributed by atoms with Crippen LogP contribution in [0.25, 0.3) is 0 Å². The number of aliphatic imine (C=N–C) groups is 1. The van der Waals surface area contributed by atoms with Crippen LogP contribution in [0.4, 0.5) is 5.13 Å². The van der Waals surface area contributed by atoms with E-state index < -0.39 is 10.0 Å². The van der Waals surface area contributed by atoms with Crippen molar-refractivity contribution >= 4 is 38.4 Å². The molecule has 0 saturated heterocycles. The molecule has 6 N–H and O–H groups in total. The maximum Gasteiger partial charge on any atom is 0.253 e. The number of rotatable bonds is 9. The van der Waals surface area contributed by atoms with E-state index in [0.29, 0.717) is 11.7 Å². The second-order valence-electron chi connectivity index (χ2n) is 5.07. The molecule has 1 rings (SSSR count). The number of thiazole rings is 1. The standard InChI is InChI=1S/C13H25N7O3S2/c1-15-12(20-25(2,22)23)17-6-4-3-5-10-9-24-13(18-10)19-11(14)16-7-8-21/h9,21H,3-8H2,1-2H3,(H2,15,17,20)(H3,14,16,18,19). The predicted octanol–water partition coefficient (Wildman–Crippen LogP) is -0.691. The van der Waals surface area contributed by atoms with Crippen molar-refractivity contribution in [2.24, 2.45) is 15.1 Å². The molecule has 0 aliphatic heterocycles. The fraction of sp³-hybridized carbons (Fsp3) is 0.615. The zero-order valence-corrected chi connectivity index (χ0v) is 16.0. The molecule has 12 heteroatoms. The van der Waals surface area contributed by atoms with E-state index in [4.69, 9.17) is 10.8 Å². The van der Waals surface area contributed by atoms with Crippen LogP contribution >= 0.6 is 11.3 Å². The minimum absolute atomic E-state index is 0.0519. The fourth-order valence-corrected chi connectivity index (χ4v) is 3.01. The van der Waals surface area contributed by atoms with Crippen molar-refractivity contribution in [3.8, 4) is 0 Å². The summed E-state index contributed by atoms with van der Waals surface area (Å²) in [6.07, 6.45) is 3.57. The van der Waals surface area contributed by atoms with Crippen LogP contribution in [0.2, 0.25) is 0 Å². The van der Waals surface area contributed by atoms with E-state index in [1.807, 2.05) is 5.38 Å². The second kappa shape index (κ2) is 10.8. The molecular weight excluding hydrogens is 366 g/mol. The number of anilines is 1. The highest BCUT2D eigenvalue weighted by molar-refractivity contribution is 7.89. The largest absolute Gasteiger partial charge is 0.394 e. The first-order chi connectivity index (χ1) is 11.8. The minimum atomic E-state index is -3.42. The quantitative estimate of drug-likeness (QED) is 0.210. The SMILES string of the molecule is CN/C(=N/S(C)(=O)=O)NCCCCc1csc(N/C(N)=N\CCO)n1. The van der Waals surface area contributed by atoms with E-state index in [1.165, 1.54) is 11.3 Å². The van der Waals surface area contributed by atoms with Crippen molar-refractivity contribution in [3.05, 3.63) is 11.1 Å². The summed E-state index contributed by atoms with van der Waals surface area (Å²) >= 11 is 1.43. The van der Waals surface area contributed by atoms with Gasteiger partial charge in [-0.1, -0.05) is 0 Å². The first-order valence-electron chi connectivity index (χ1n) is 7.68. The Bertz CT molecular complexity index is 686. The third-order valence-corrected chi connectivity index (χ3v) is 4.14. The van der Waals surface area contributed by atoms with Crippen LogP contribution in [-0.4, -0.2) is 63.4 Å². The van der Waals surface area contributed by atoms with Gasteiger partial charge in [-0.25, -0.2) is 13.4 Å². The lowest BCUT2D eigenvalue weighted by atomic mass is 10.2. The minimum Gasteiger partial charge on any atom is -0.394 e. The summed E-state index contributed by atoms with van der Waals surface area (Å²) in [5.74, 6) is 0.462. The van der Waals surface area contributed by atoms with Gasteiger partial charge in [0.2, 0.25) is 5.96 Å². The Hall–Kier alpha value is -1.92. The molecule has 0 aromatic carbocycles. The van der Waals surface area contributed by atoms with Crippen LogP contribution in [0.15, 0.2) is 14.8 Å². The lowest BCUT2D eigenvalue weighted by Gasteiger charge is -2.07. The number of guanidine groups is 2. The van der Waals surface area contributed by atoms with E-state index >= 15 is 0 Å². The number of nitrogens with zero attached hydrogens (tertiary/aromatic N) is 3. The zero-order chi connectivity index (χ0) is 18.7. The molecule has 0 saturated carbocycles. The van der Waals surface area contributed by atoms with Gasteiger partial charge < -0.3 is 26.8 Å². The average molecular weight is 392 g/mol. The highest BCUT2D eigenvalue weighted by atomic mass is 32.2. The van der Waals surface area contributed by atoms with E-state index in [9.17, 15) is 8.42 Å². The number of aliphatic hydroxyl groups excluding tert-OH is 1. The van der Waals surface area contributed by atoms with Crippen LogP contribution in [0.5, 0.6) is 0 Å². The molecular formula is C13H25N7O3S2. The summed E-state index contributed by atoms with van der Waals surface area (Å²) in [5, 5.41) is 19.8. The van der Waals surface area contributed by atoms with Gasteiger partial charge in [0.1, 0.15) is 0 Å². The molecule has 0 spiro atoms. The Balaban J connectivity index is 2.32. The molecule has 1 aromatic heterocycles. The third-order valence-electron chi connectivity index (χ3n) is 2.81. The Morgan fingerprint density at radius 1 is 1.44 bits per heavy atom. The summed E-state index contributed by atoms with van der Waals surface area (Å²) in [4.78, 5) is 8.32. The molecule has 0 fully saturated rings. The smallest absolute Gasteiger partial charge is 0.253 e. The highest BCUT2D eigenvalue weighted by Crippen LogP contribution is 2.16. The summed E-state index contributed by atoms with van der Waals surface area (Å²) in [6.45, 7) is 0.802. The van der Waals surface area contributed by atoms with Crippen molar-refractivity contribution in [1.82, 2.24) is 15.6 Å². The number of nitrogens with two attached hydrogens (primary N) is 1. The van der Waals surface area contributed by atoms with Crippen LogP contribution in [-0.2, 0) is 16.4 Å². The van der Waals surface area contributed by atoms with Gasteiger partial charge in [-0.2, -0.15) is 0 Å². The average Bonchev–Trinajstić information content (AvgIpc) is 2.97. The van der Waals surface area contributed by atoms with Crippen LogP contribution in [0.1, 0.15) is 18.5 Å². The number of hydrogen-bond acceptors (Lipinski definition) is 6. The van der Waals surface area contributed by atoms with Gasteiger partial charge in [0, 0.05) is 19.0 Å². The Kier molecular flexibility index (Phi) is 9.16. The van der Waals surface area contributed by atoms with Crippen molar-refractivity contribution in [2.75, 3.05) is 38.3 Å². The number of aromatic nitrogens is 1. The van der Waals surface area contributed by atoms with Crippen molar-refractivity contribution in [2.45, 2.75) is 19.3 Å². The molecule has 142 valence electrons. The van der Waals surface area contributed by atoms with Gasteiger partial charge in [0.15, 0.2) is 11.1 Å². The van der Waals surface area contributed by atoms with E-state index in [1.54, 1.807) is 7.05 Å². The molecule has 10 nitrogen and oxygen atoms in total. The predicted molar refractivity (Wildman–Crippen MR) is 102 cm³/mol. The van der Waals surface area contributed by atoms with Crippen LogP contribution in [0.3, 0.4) is 0 Å². The van der Waals surface area contributed by atoms with Gasteiger partial charge in [-0.3, -0.25) is 4.99 Å². The monoisotopic (exact) mass is 391 g/mol. The van der Waals surface area contributed by atoms with Crippen molar-refractivity contribution in [3.63, 3.8) is 0 Å². The number of hydrogen-bond donors (Lipinski definition) is 5. The van der Waals surface area contributed by atoms with E-state index in [0.717, 1.165) is 31.2 Å². The van der Waals surface area contributed by atoms with E-state index in [-0.39, 0.29) is 25.1 Å². The number of nitrogens with one attached hydrogen (secondary N) is 3. The number of unbranched alkanes of at least 4 members (excludes halogenated alkanes) is 1. The molecule has 0 atom stereocenters. The Morgan fingerprint density at radius 3 is 2.84 bits per heavy atom. The summed E-state index contributed by atoms with van der Waals surface area (Å²) < 4.78 is 25.7. The zero-order valence-electron chi connectivity index (χ0n) is 14.3. The second-order valence-corrected chi connectivity index (χ2v) is 7.57. The highest BCUT2D eigenvalue weighted by Gasteiger charge is 2.04. The molecule has 0 amide bonds. The van der Waals surface area contributed by atoms with Gasteiger partial charge in [-0.15, -0.1) is 15.7 Å². The van der Waals surface area contributed by atoms with E-state index in [2.05, 4.69) is 30.3 Å². The van der Waals surface area contributed by atoms with Crippen LogP contribution in [0, 0.1) is 0 Å². The van der Waals surface area contributed by atoms with Crippen molar-refractivity contribution in [1.29, 1.82) is 0 Å². The first-order valence-corrected chi connectivity index (χ1v) is 10.4. The number of aliphatic hydroxyl groups is 1. The molecule has 0 aliphatic rings. The summed E-state index contributed by atoms with van der Waals surface area (Å²) in [6, 6.07) is 0. The Labute approximate surface area is 151 Å². The lowest BCUT2D eigenvalue weighted by molar-refractivity contribution is 0.307. The lowest BCUT2D eigenvalue weighted by Crippen LogP contribution is -2.36. The maximum absolute atomic E-state index is 11.1. The van der Waals surface area contributed by atoms with Gasteiger partial charge in [0.05, 0.1) is 25.1 Å². The topological polar surface area (TPSA) is 154 Å². The summed E-state index contributed by atoms with van der Waals surface area (Å²) in [5.41, 5.74) is 6.60. The maximum atomic E-state index is 11.1. The molecule has 0 radical (unpaired) electrons. The first kappa shape index (κ1) is 21.1. The number of aryl methyl sites for hydroxylation is 1. The molecule has 1 aromatic rings. The Morgan fingerprint density at radius 2 is 2.20 bits per heavy atom. The summed E-state index contributed by atoms with van der Waals surface area (Å²) in [7, 11) is -1.81. The molecule has 1 heterocycles. The molecule has 0 bridgehead atoms. The van der Waals surface area contributed by atoms with Gasteiger partial charge in [-0.05, 0) is 19.3 Å². The van der Waals surface area contributed by atoms with Gasteiger partial charge >= 0.3 is 0 Å². The normalized spacial score (nSPS) is 12.9. The number of sulfonamides is 1. The molecule has 25 heavy (non-hydrogen) atoms. The fourth-order valence-electron chi connectivity index (χ4n) is 1.77. The van der Waals surface area contributed by atoms with Crippen LogP contribution < -0.4 is 21.7 Å². The third kappa shape index (κ3) is 9.84. The van der Waals surface area contributed by atoms with Gasteiger partial charge in [0.25, 0.3) is 10.0 Å². The molecule has 0 unspecified atom stereocenters.